The second-order valence-corrected chi connectivity index (χ2v) is 4.08. The molecule has 1 atom stereocenters. The van der Waals surface area contributed by atoms with Gasteiger partial charge in [-0.05, 0) is 26.0 Å². The summed E-state index contributed by atoms with van der Waals surface area (Å²) in [6, 6.07) is 7.05. The molecular weight excluding hydrogens is 228 g/mol. The largest absolute Gasteiger partial charge is 0.272 e. The Bertz CT molecular complexity index is 405. The van der Waals surface area contributed by atoms with Gasteiger partial charge in [0.05, 0.1) is 0 Å². The molecule has 0 radical (unpaired) electrons. The zero-order chi connectivity index (χ0) is 12.1. The normalized spacial score (nSPS) is 11.7. The van der Waals surface area contributed by atoms with Crippen LogP contribution >= 0.6 is 11.6 Å². The van der Waals surface area contributed by atoms with Crippen molar-refractivity contribution in [3.05, 3.63) is 35.4 Å². The molecule has 4 nitrogen and oxygen atoms in total. The van der Waals surface area contributed by atoms with Crippen LogP contribution in [0.5, 0.6) is 0 Å². The number of hydrazine groups is 1. The third-order valence-corrected chi connectivity index (χ3v) is 2.14. The molecule has 1 rings (SSSR count). The van der Waals surface area contributed by atoms with E-state index in [1.807, 2.05) is 13.0 Å². The monoisotopic (exact) mass is 240 g/mol. The van der Waals surface area contributed by atoms with Gasteiger partial charge in [0.25, 0.3) is 11.8 Å². The van der Waals surface area contributed by atoms with Gasteiger partial charge in [-0.25, -0.2) is 0 Å². The number of aryl methyl sites for hydroxylation is 1. The molecule has 0 aliphatic carbocycles. The highest BCUT2D eigenvalue weighted by Gasteiger charge is 2.10. The first-order chi connectivity index (χ1) is 7.50. The average Bonchev–Trinajstić information content (AvgIpc) is 2.25. The Morgan fingerprint density at radius 1 is 1.31 bits per heavy atom. The number of amides is 2. The lowest BCUT2D eigenvalue weighted by Crippen LogP contribution is -2.44. The van der Waals surface area contributed by atoms with Crippen molar-refractivity contribution in [2.45, 2.75) is 19.2 Å². The van der Waals surface area contributed by atoms with Gasteiger partial charge < -0.3 is 0 Å². The highest BCUT2D eigenvalue weighted by atomic mass is 35.5. The van der Waals surface area contributed by atoms with E-state index in [4.69, 9.17) is 11.6 Å². The molecule has 0 heterocycles. The predicted molar refractivity (Wildman–Crippen MR) is 62.1 cm³/mol. The molecule has 0 saturated heterocycles. The number of alkyl halides is 1. The summed E-state index contributed by atoms with van der Waals surface area (Å²) in [6.07, 6.45) is 0. The van der Waals surface area contributed by atoms with E-state index in [9.17, 15) is 9.59 Å². The molecule has 5 heteroatoms. The van der Waals surface area contributed by atoms with Crippen LogP contribution < -0.4 is 10.9 Å². The second kappa shape index (κ2) is 5.51. The van der Waals surface area contributed by atoms with Crippen LogP contribution in [0.25, 0.3) is 0 Å². The maximum absolute atomic E-state index is 11.6. The lowest BCUT2D eigenvalue weighted by Gasteiger charge is -2.08. The van der Waals surface area contributed by atoms with Gasteiger partial charge in [-0.2, -0.15) is 0 Å². The van der Waals surface area contributed by atoms with Crippen molar-refractivity contribution in [2.75, 3.05) is 0 Å². The molecule has 2 N–H and O–H groups in total. The molecule has 1 aromatic rings. The van der Waals surface area contributed by atoms with Gasteiger partial charge in [0.2, 0.25) is 0 Å². The Morgan fingerprint density at radius 3 is 2.56 bits per heavy atom. The SMILES string of the molecule is Cc1cccc(C(=O)NNC(=O)C(C)Cl)c1. The molecule has 16 heavy (non-hydrogen) atoms. The average molecular weight is 241 g/mol. The van der Waals surface area contributed by atoms with Crippen LogP contribution in [0, 0.1) is 6.92 Å². The highest BCUT2D eigenvalue weighted by molar-refractivity contribution is 6.30. The van der Waals surface area contributed by atoms with E-state index >= 15 is 0 Å². The molecule has 0 spiro atoms. The Hall–Kier alpha value is -1.55. The number of carbonyl (C=O) groups excluding carboxylic acids is 2. The Kier molecular flexibility index (Phi) is 4.31. The first-order valence-electron chi connectivity index (χ1n) is 4.81. The summed E-state index contributed by atoms with van der Waals surface area (Å²) >= 11 is 5.52. The number of nitrogens with one attached hydrogen (secondary N) is 2. The van der Waals surface area contributed by atoms with Crippen LogP contribution in [0.2, 0.25) is 0 Å². The molecule has 0 bridgehead atoms. The van der Waals surface area contributed by atoms with E-state index in [1.54, 1.807) is 18.2 Å². The summed E-state index contributed by atoms with van der Waals surface area (Å²) in [7, 11) is 0. The first kappa shape index (κ1) is 12.5. The van der Waals surface area contributed by atoms with Gasteiger partial charge in [0.15, 0.2) is 0 Å². The number of benzene rings is 1. The maximum atomic E-state index is 11.6. The standard InChI is InChI=1S/C11H13ClN2O2/c1-7-4-3-5-9(6-7)11(16)14-13-10(15)8(2)12/h3-6,8H,1-2H3,(H,13,15)(H,14,16). The van der Waals surface area contributed by atoms with Crippen LogP contribution in [0.1, 0.15) is 22.8 Å². The zero-order valence-corrected chi connectivity index (χ0v) is 9.84. The zero-order valence-electron chi connectivity index (χ0n) is 9.08. The van der Waals surface area contributed by atoms with Gasteiger partial charge in [-0.15, -0.1) is 11.6 Å². The number of halogens is 1. The lowest BCUT2D eigenvalue weighted by atomic mass is 10.1. The van der Waals surface area contributed by atoms with Crippen LogP contribution in [-0.4, -0.2) is 17.2 Å². The summed E-state index contributed by atoms with van der Waals surface area (Å²) in [5.41, 5.74) is 5.98. The van der Waals surface area contributed by atoms with E-state index in [-0.39, 0.29) is 5.91 Å². The molecule has 0 fully saturated rings. The van der Waals surface area contributed by atoms with E-state index in [2.05, 4.69) is 10.9 Å². The van der Waals surface area contributed by atoms with Crippen molar-refractivity contribution in [3.63, 3.8) is 0 Å². The van der Waals surface area contributed by atoms with Gasteiger partial charge in [0.1, 0.15) is 5.38 Å². The Balaban J connectivity index is 2.57. The summed E-state index contributed by atoms with van der Waals surface area (Å²) in [5.74, 6) is -0.808. The smallest absolute Gasteiger partial charge is 0.269 e. The number of carbonyl (C=O) groups is 2. The molecule has 0 saturated carbocycles. The number of hydrogen-bond donors (Lipinski definition) is 2. The van der Waals surface area contributed by atoms with Crippen LogP contribution in [0.4, 0.5) is 0 Å². The van der Waals surface area contributed by atoms with E-state index in [0.29, 0.717) is 5.56 Å². The van der Waals surface area contributed by atoms with Crippen LogP contribution in [0.3, 0.4) is 0 Å². The Morgan fingerprint density at radius 2 is 2.00 bits per heavy atom. The highest BCUT2D eigenvalue weighted by Crippen LogP contribution is 2.03. The molecule has 2 amide bonds. The molecule has 0 aliphatic rings. The van der Waals surface area contributed by atoms with E-state index in [0.717, 1.165) is 5.56 Å². The minimum Gasteiger partial charge on any atom is -0.272 e. The van der Waals surface area contributed by atoms with Gasteiger partial charge >= 0.3 is 0 Å². The first-order valence-corrected chi connectivity index (χ1v) is 5.25. The molecule has 1 aromatic carbocycles. The summed E-state index contributed by atoms with van der Waals surface area (Å²) in [5, 5.41) is -0.683. The number of hydrogen-bond acceptors (Lipinski definition) is 2. The fourth-order valence-electron chi connectivity index (χ4n) is 1.08. The van der Waals surface area contributed by atoms with Crippen LogP contribution in [0.15, 0.2) is 24.3 Å². The van der Waals surface area contributed by atoms with Crippen molar-refractivity contribution in [3.8, 4) is 0 Å². The second-order valence-electron chi connectivity index (χ2n) is 3.43. The topological polar surface area (TPSA) is 58.2 Å². The van der Waals surface area contributed by atoms with Crippen molar-refractivity contribution in [2.24, 2.45) is 0 Å². The van der Waals surface area contributed by atoms with Gasteiger partial charge in [0, 0.05) is 5.56 Å². The fourth-order valence-corrected chi connectivity index (χ4v) is 1.13. The molecule has 1 unspecified atom stereocenters. The quantitative estimate of drug-likeness (QED) is 0.606. The van der Waals surface area contributed by atoms with Gasteiger partial charge in [-0.3, -0.25) is 20.4 Å². The van der Waals surface area contributed by atoms with Crippen molar-refractivity contribution in [1.29, 1.82) is 0 Å². The van der Waals surface area contributed by atoms with Gasteiger partial charge in [-0.1, -0.05) is 17.7 Å². The van der Waals surface area contributed by atoms with Crippen LogP contribution in [-0.2, 0) is 4.79 Å². The van der Waals surface area contributed by atoms with E-state index < -0.39 is 11.3 Å². The molecular formula is C11H13ClN2O2. The van der Waals surface area contributed by atoms with Crippen molar-refractivity contribution in [1.82, 2.24) is 10.9 Å². The fraction of sp³-hybridized carbons (Fsp3) is 0.273. The van der Waals surface area contributed by atoms with Crippen molar-refractivity contribution >= 4 is 23.4 Å². The molecule has 86 valence electrons. The molecule has 0 aliphatic heterocycles. The van der Waals surface area contributed by atoms with Crippen molar-refractivity contribution < 1.29 is 9.59 Å². The third-order valence-electron chi connectivity index (χ3n) is 1.94. The number of rotatable bonds is 2. The third kappa shape index (κ3) is 3.55. The maximum Gasteiger partial charge on any atom is 0.269 e. The lowest BCUT2D eigenvalue weighted by molar-refractivity contribution is -0.121. The summed E-state index contributed by atoms with van der Waals surface area (Å²) in [6.45, 7) is 3.41. The summed E-state index contributed by atoms with van der Waals surface area (Å²) in [4.78, 5) is 22.6. The minimum atomic E-state index is -0.683. The predicted octanol–water partition coefficient (Wildman–Crippen LogP) is 1.38. The molecule has 0 aromatic heterocycles. The Labute approximate surface area is 99.0 Å². The van der Waals surface area contributed by atoms with E-state index in [1.165, 1.54) is 6.92 Å². The minimum absolute atomic E-state index is 0.366. The summed E-state index contributed by atoms with van der Waals surface area (Å²) < 4.78 is 0.